The number of hydrogen-bond donors (Lipinski definition) is 0. The van der Waals surface area contributed by atoms with E-state index in [-0.39, 0.29) is 33.4 Å². The van der Waals surface area contributed by atoms with Crippen LogP contribution in [0.5, 0.6) is 0 Å². The maximum Gasteiger partial charge on any atom is 0.573 e. The molecule has 0 unspecified atom stereocenters. The first kappa shape index (κ1) is 21.4. The Morgan fingerprint density at radius 3 is 1.16 bits per heavy atom. The lowest BCUT2D eigenvalue weighted by atomic mass is 9.82. The number of carbonyl (C=O) groups excluding carboxylic acids is 2. The monoisotopic (exact) mass is 452 g/mol. The number of carbonyl (C=O) groups is 2. The zero-order valence-corrected chi connectivity index (χ0v) is 15.7. The van der Waals surface area contributed by atoms with Crippen LogP contribution in [0, 0.1) is 0 Å². The fourth-order valence-corrected chi connectivity index (χ4v) is 3.49. The molecule has 0 aromatic heterocycles. The summed E-state index contributed by atoms with van der Waals surface area (Å²) in [6.07, 6.45) is -8.77. The number of hydrogen-bond acceptors (Lipinski definition) is 4. The fourth-order valence-electron chi connectivity index (χ4n) is 3.49. The van der Waals surface area contributed by atoms with Gasteiger partial charge in [-0.05, 0) is 34.4 Å². The number of allylic oxidation sites excluding steroid dienone is 6. The summed E-state index contributed by atoms with van der Waals surface area (Å²) in [4.78, 5) is 25.0. The van der Waals surface area contributed by atoms with Gasteiger partial charge in [-0.1, -0.05) is 48.5 Å². The van der Waals surface area contributed by atoms with Crippen molar-refractivity contribution in [1.82, 2.24) is 0 Å². The molecule has 0 aliphatic heterocycles. The standard InChI is InChI=1S/C22H10F6O4/c23-21(24,25)31-17-9-15(11-5-1-3-7-13(11)19(17)29)16-10-18(32-22(26,27)28)20(30)14-8-4-2-6-12(14)16/h1-10H/b16-15+. The van der Waals surface area contributed by atoms with E-state index in [1.54, 1.807) is 0 Å². The van der Waals surface area contributed by atoms with Crippen LogP contribution >= 0.6 is 0 Å². The van der Waals surface area contributed by atoms with Crippen molar-refractivity contribution in [2.75, 3.05) is 0 Å². The van der Waals surface area contributed by atoms with Gasteiger partial charge in [0, 0.05) is 11.1 Å². The van der Waals surface area contributed by atoms with Gasteiger partial charge >= 0.3 is 12.7 Å². The number of ketones is 2. The Bertz CT molecular complexity index is 1140. The predicted octanol–water partition coefficient (Wildman–Crippen LogP) is 5.83. The lowest BCUT2D eigenvalue weighted by Crippen LogP contribution is -2.23. The van der Waals surface area contributed by atoms with Crippen LogP contribution in [0.25, 0.3) is 11.1 Å². The van der Waals surface area contributed by atoms with Crippen molar-refractivity contribution in [3.05, 3.63) is 94.5 Å². The van der Waals surface area contributed by atoms with Gasteiger partial charge in [0.2, 0.25) is 11.6 Å². The number of halogens is 6. The smallest absolute Gasteiger partial charge is 0.402 e. The van der Waals surface area contributed by atoms with Gasteiger partial charge in [-0.15, -0.1) is 26.3 Å². The number of Topliss-reactive ketones (excluding diaryl/α,β-unsaturated/α-hetero) is 2. The van der Waals surface area contributed by atoms with Crippen LogP contribution in [0.15, 0.2) is 72.2 Å². The molecule has 2 aliphatic rings. The molecule has 4 nitrogen and oxygen atoms in total. The molecule has 0 atom stereocenters. The molecule has 0 bridgehead atoms. The Labute approximate surface area is 176 Å². The van der Waals surface area contributed by atoms with E-state index in [1.807, 2.05) is 0 Å². The topological polar surface area (TPSA) is 52.6 Å². The van der Waals surface area contributed by atoms with Crippen LogP contribution < -0.4 is 0 Å². The molecule has 0 saturated carbocycles. The molecule has 2 aliphatic carbocycles. The molecule has 164 valence electrons. The largest absolute Gasteiger partial charge is 0.573 e. The van der Waals surface area contributed by atoms with E-state index in [9.17, 15) is 35.9 Å². The third-order valence-electron chi connectivity index (χ3n) is 4.66. The number of ether oxygens (including phenoxy) is 2. The molecule has 4 rings (SSSR count). The highest BCUT2D eigenvalue weighted by Crippen LogP contribution is 2.41. The van der Waals surface area contributed by atoms with E-state index in [2.05, 4.69) is 9.47 Å². The number of rotatable bonds is 2. The normalized spacial score (nSPS) is 18.4. The van der Waals surface area contributed by atoms with E-state index >= 15 is 0 Å². The molecule has 0 saturated heterocycles. The van der Waals surface area contributed by atoms with Crippen LogP contribution in [0.1, 0.15) is 31.8 Å². The van der Waals surface area contributed by atoms with Crippen LogP contribution in [0.4, 0.5) is 26.3 Å². The summed E-state index contributed by atoms with van der Waals surface area (Å²) < 4.78 is 84.9. The summed E-state index contributed by atoms with van der Waals surface area (Å²) in [5.74, 6) is -4.20. The second kappa shape index (κ2) is 7.40. The van der Waals surface area contributed by atoms with Crippen molar-refractivity contribution in [2.24, 2.45) is 0 Å². The highest BCUT2D eigenvalue weighted by molar-refractivity contribution is 6.22. The molecule has 2 aromatic carbocycles. The Morgan fingerprint density at radius 1 is 0.531 bits per heavy atom. The van der Waals surface area contributed by atoms with Crippen molar-refractivity contribution in [3.63, 3.8) is 0 Å². The molecule has 0 fully saturated rings. The average Bonchev–Trinajstić information content (AvgIpc) is 2.71. The first-order valence-corrected chi connectivity index (χ1v) is 8.92. The highest BCUT2D eigenvalue weighted by atomic mass is 19.4. The number of fused-ring (bicyclic) bond motifs is 2. The minimum Gasteiger partial charge on any atom is -0.402 e. The Hall–Kier alpha value is -3.82. The Balaban J connectivity index is 2.02. The third-order valence-corrected chi connectivity index (χ3v) is 4.66. The minimum absolute atomic E-state index is 0.0392. The molecule has 0 radical (unpaired) electrons. The summed E-state index contributed by atoms with van der Waals surface area (Å²) in [6.45, 7) is 0. The van der Waals surface area contributed by atoms with Crippen molar-refractivity contribution in [1.29, 1.82) is 0 Å². The molecule has 0 N–H and O–H groups in total. The van der Waals surface area contributed by atoms with Crippen LogP contribution in [-0.2, 0) is 9.47 Å². The SMILES string of the molecule is O=C1C(OC(F)(F)F)=C/C(=C2/C=C(OC(F)(F)F)C(=O)c3ccccc32)c2ccccc21. The van der Waals surface area contributed by atoms with Gasteiger partial charge in [0.25, 0.3) is 0 Å². The summed E-state index contributed by atoms with van der Waals surface area (Å²) >= 11 is 0. The van der Waals surface area contributed by atoms with Gasteiger partial charge in [0.15, 0.2) is 11.5 Å². The first-order chi connectivity index (χ1) is 14.9. The zero-order chi connectivity index (χ0) is 23.3. The van der Waals surface area contributed by atoms with Crippen LogP contribution in [0.3, 0.4) is 0 Å². The first-order valence-electron chi connectivity index (χ1n) is 8.92. The lowest BCUT2D eigenvalue weighted by Gasteiger charge is -2.25. The van der Waals surface area contributed by atoms with Crippen molar-refractivity contribution >= 4 is 22.7 Å². The highest BCUT2D eigenvalue weighted by Gasteiger charge is 2.39. The van der Waals surface area contributed by atoms with Crippen molar-refractivity contribution < 1.29 is 45.4 Å². The average molecular weight is 452 g/mol. The van der Waals surface area contributed by atoms with Crippen molar-refractivity contribution in [3.8, 4) is 0 Å². The maximum atomic E-state index is 12.9. The number of benzene rings is 2. The van der Waals surface area contributed by atoms with E-state index < -0.39 is 35.8 Å². The summed E-state index contributed by atoms with van der Waals surface area (Å²) in [6, 6.07) is 11.2. The van der Waals surface area contributed by atoms with Crippen molar-refractivity contribution in [2.45, 2.75) is 12.7 Å². The lowest BCUT2D eigenvalue weighted by molar-refractivity contribution is -0.303. The van der Waals surface area contributed by atoms with Gasteiger partial charge in [-0.3, -0.25) is 9.59 Å². The summed E-state index contributed by atoms with van der Waals surface area (Å²) in [5, 5.41) is 0. The van der Waals surface area contributed by atoms with Gasteiger partial charge in [-0.2, -0.15) is 0 Å². The molecule has 32 heavy (non-hydrogen) atoms. The molecule has 2 aromatic rings. The molecule has 0 spiro atoms. The molecular weight excluding hydrogens is 442 g/mol. The van der Waals surface area contributed by atoms with Crippen LogP contribution in [0.2, 0.25) is 0 Å². The van der Waals surface area contributed by atoms with E-state index in [1.165, 1.54) is 48.5 Å². The quantitative estimate of drug-likeness (QED) is 0.538. The number of alkyl halides is 6. The maximum absolute atomic E-state index is 12.9. The van der Waals surface area contributed by atoms with E-state index in [0.717, 1.165) is 12.2 Å². The van der Waals surface area contributed by atoms with Gasteiger partial charge in [-0.25, -0.2) is 0 Å². The Kier molecular flexibility index (Phi) is 4.95. The van der Waals surface area contributed by atoms with E-state index in [0.29, 0.717) is 0 Å². The van der Waals surface area contributed by atoms with Gasteiger partial charge in [0.05, 0.1) is 0 Å². The second-order valence-electron chi connectivity index (χ2n) is 6.69. The summed E-state index contributed by atoms with van der Waals surface area (Å²) in [5.41, 5.74) is -0.0384. The minimum atomic E-state index is -5.18. The van der Waals surface area contributed by atoms with Crippen LogP contribution in [-0.4, -0.2) is 24.3 Å². The summed E-state index contributed by atoms with van der Waals surface area (Å²) in [7, 11) is 0. The molecule has 0 heterocycles. The van der Waals surface area contributed by atoms with Gasteiger partial charge < -0.3 is 9.47 Å². The fraction of sp³-hybridized carbons (Fsp3) is 0.0909. The molecular formula is C22H10F6O4. The van der Waals surface area contributed by atoms with E-state index in [4.69, 9.17) is 0 Å². The molecule has 0 amide bonds. The Morgan fingerprint density at radius 2 is 0.844 bits per heavy atom. The second-order valence-corrected chi connectivity index (χ2v) is 6.69. The predicted molar refractivity (Wildman–Crippen MR) is 98.8 cm³/mol. The third kappa shape index (κ3) is 4.03. The zero-order valence-electron chi connectivity index (χ0n) is 15.7. The molecule has 10 heteroatoms. The van der Waals surface area contributed by atoms with Gasteiger partial charge in [0.1, 0.15) is 0 Å².